The second-order valence-corrected chi connectivity index (χ2v) is 6.45. The number of carbonyl (C=O) groups excluding carboxylic acids is 1. The van der Waals surface area contributed by atoms with Crippen LogP contribution in [0.3, 0.4) is 0 Å². The molecule has 0 aliphatic heterocycles. The average molecular weight is 264 g/mol. The Kier molecular flexibility index (Phi) is 5.47. The highest BCUT2D eigenvalue weighted by Crippen LogP contribution is 2.38. The molecule has 2 heteroatoms. The first-order chi connectivity index (χ1) is 9.20. The van der Waals surface area contributed by atoms with Crippen molar-refractivity contribution in [3.8, 4) is 0 Å². The molecule has 0 amide bonds. The van der Waals surface area contributed by atoms with Crippen molar-refractivity contribution < 1.29 is 9.90 Å². The van der Waals surface area contributed by atoms with E-state index in [1.807, 2.05) is 0 Å². The molecule has 2 fully saturated rings. The van der Waals surface area contributed by atoms with Crippen LogP contribution in [0.5, 0.6) is 0 Å². The highest BCUT2D eigenvalue weighted by Gasteiger charge is 2.29. The quantitative estimate of drug-likeness (QED) is 0.553. The van der Waals surface area contributed by atoms with Crippen LogP contribution in [0.4, 0.5) is 0 Å². The van der Waals surface area contributed by atoms with Gasteiger partial charge in [0.05, 0.1) is 5.76 Å². The first-order valence-electron chi connectivity index (χ1n) is 8.14. The van der Waals surface area contributed by atoms with E-state index in [0.29, 0.717) is 24.0 Å². The van der Waals surface area contributed by atoms with Crippen molar-refractivity contribution in [1.82, 2.24) is 0 Å². The maximum atomic E-state index is 12.0. The molecule has 0 spiro atoms. The summed E-state index contributed by atoms with van der Waals surface area (Å²) >= 11 is 0. The SMILES string of the molecule is CCC(C(O)=CC(=O)CC1CCCCC1)C1CCC1. The number of hydrogen-bond donors (Lipinski definition) is 1. The number of ketones is 1. The lowest BCUT2D eigenvalue weighted by molar-refractivity contribution is -0.115. The fourth-order valence-electron chi connectivity index (χ4n) is 3.63. The van der Waals surface area contributed by atoms with E-state index in [0.717, 1.165) is 6.42 Å². The molecule has 0 heterocycles. The van der Waals surface area contributed by atoms with Gasteiger partial charge in [-0.05, 0) is 31.1 Å². The minimum absolute atomic E-state index is 0.141. The molecular weight excluding hydrogens is 236 g/mol. The van der Waals surface area contributed by atoms with Crippen LogP contribution in [0, 0.1) is 17.8 Å². The maximum Gasteiger partial charge on any atom is 0.159 e. The Bertz CT molecular complexity index is 322. The number of hydrogen-bond acceptors (Lipinski definition) is 2. The van der Waals surface area contributed by atoms with E-state index in [4.69, 9.17) is 0 Å². The van der Waals surface area contributed by atoms with E-state index < -0.39 is 0 Å². The molecule has 0 bridgehead atoms. The summed E-state index contributed by atoms with van der Waals surface area (Å²) in [5.74, 6) is 1.90. The van der Waals surface area contributed by atoms with Crippen LogP contribution in [-0.4, -0.2) is 10.9 Å². The van der Waals surface area contributed by atoms with Gasteiger partial charge in [0.15, 0.2) is 5.78 Å². The molecule has 0 aromatic rings. The smallest absolute Gasteiger partial charge is 0.159 e. The van der Waals surface area contributed by atoms with Crippen molar-refractivity contribution >= 4 is 5.78 Å². The first kappa shape index (κ1) is 14.6. The van der Waals surface area contributed by atoms with Crippen molar-refractivity contribution in [3.63, 3.8) is 0 Å². The highest BCUT2D eigenvalue weighted by molar-refractivity contribution is 5.90. The number of aliphatic hydroxyl groups is 1. The molecule has 2 aliphatic rings. The summed E-state index contributed by atoms with van der Waals surface area (Å²) in [6, 6.07) is 0. The standard InChI is InChI=1S/C17H28O2/c1-2-16(14-9-6-10-14)17(19)12-15(18)11-13-7-4-3-5-8-13/h12-14,16,19H,2-11H2,1H3. The molecule has 2 nitrogen and oxygen atoms in total. The zero-order chi connectivity index (χ0) is 13.7. The van der Waals surface area contributed by atoms with Crippen LogP contribution in [0.2, 0.25) is 0 Å². The molecule has 2 aliphatic carbocycles. The van der Waals surface area contributed by atoms with E-state index >= 15 is 0 Å². The molecule has 1 unspecified atom stereocenters. The van der Waals surface area contributed by atoms with Crippen molar-refractivity contribution in [3.05, 3.63) is 11.8 Å². The van der Waals surface area contributed by atoms with Gasteiger partial charge in [0.1, 0.15) is 0 Å². The lowest BCUT2D eigenvalue weighted by Gasteiger charge is -2.32. The Balaban J connectivity index is 1.85. The van der Waals surface area contributed by atoms with Crippen LogP contribution < -0.4 is 0 Å². The van der Waals surface area contributed by atoms with Crippen molar-refractivity contribution in [2.24, 2.45) is 17.8 Å². The molecule has 108 valence electrons. The third-order valence-electron chi connectivity index (χ3n) is 5.06. The lowest BCUT2D eigenvalue weighted by atomic mass is 9.73. The fraction of sp³-hybridized carbons (Fsp3) is 0.824. The lowest BCUT2D eigenvalue weighted by Crippen LogP contribution is -2.23. The van der Waals surface area contributed by atoms with Gasteiger partial charge in [-0.2, -0.15) is 0 Å². The van der Waals surface area contributed by atoms with Crippen molar-refractivity contribution in [1.29, 1.82) is 0 Å². The average Bonchev–Trinajstić information content (AvgIpc) is 2.34. The number of carbonyl (C=O) groups is 1. The van der Waals surface area contributed by atoms with E-state index in [9.17, 15) is 9.90 Å². The van der Waals surface area contributed by atoms with Crippen LogP contribution in [0.1, 0.15) is 71.1 Å². The molecule has 1 atom stereocenters. The van der Waals surface area contributed by atoms with E-state index in [1.165, 1.54) is 51.4 Å². The predicted octanol–water partition coefficient (Wildman–Crippen LogP) is 4.79. The van der Waals surface area contributed by atoms with Gasteiger partial charge in [-0.3, -0.25) is 4.79 Å². The Hall–Kier alpha value is -0.790. The van der Waals surface area contributed by atoms with Crippen molar-refractivity contribution in [2.75, 3.05) is 0 Å². The zero-order valence-electron chi connectivity index (χ0n) is 12.2. The van der Waals surface area contributed by atoms with Crippen LogP contribution >= 0.6 is 0 Å². The summed E-state index contributed by atoms with van der Waals surface area (Å²) in [5.41, 5.74) is 0. The summed E-state index contributed by atoms with van der Waals surface area (Å²) in [5, 5.41) is 10.2. The summed E-state index contributed by atoms with van der Waals surface area (Å²) < 4.78 is 0. The van der Waals surface area contributed by atoms with Gasteiger partial charge in [0, 0.05) is 18.4 Å². The fourth-order valence-corrected chi connectivity index (χ4v) is 3.63. The second kappa shape index (κ2) is 7.12. The Labute approximate surface area is 117 Å². The van der Waals surface area contributed by atoms with Gasteiger partial charge >= 0.3 is 0 Å². The first-order valence-corrected chi connectivity index (χ1v) is 8.14. The molecule has 19 heavy (non-hydrogen) atoms. The Morgan fingerprint density at radius 1 is 1.16 bits per heavy atom. The Morgan fingerprint density at radius 3 is 2.37 bits per heavy atom. The number of rotatable bonds is 6. The summed E-state index contributed by atoms with van der Waals surface area (Å²) in [6.07, 6.45) is 13.1. The number of allylic oxidation sites excluding steroid dienone is 2. The van der Waals surface area contributed by atoms with Gasteiger partial charge in [0.2, 0.25) is 0 Å². The number of aliphatic hydroxyl groups excluding tert-OH is 1. The molecule has 0 radical (unpaired) electrons. The minimum atomic E-state index is 0.141. The molecule has 0 saturated heterocycles. The van der Waals surface area contributed by atoms with E-state index in [1.54, 1.807) is 6.08 Å². The molecule has 2 rings (SSSR count). The van der Waals surface area contributed by atoms with Gasteiger partial charge < -0.3 is 5.11 Å². The summed E-state index contributed by atoms with van der Waals surface area (Å²) in [6.45, 7) is 2.11. The van der Waals surface area contributed by atoms with Gasteiger partial charge in [-0.1, -0.05) is 45.4 Å². The molecule has 0 aromatic heterocycles. The maximum absolute atomic E-state index is 12.0. The van der Waals surface area contributed by atoms with Crippen molar-refractivity contribution in [2.45, 2.75) is 71.1 Å². The van der Waals surface area contributed by atoms with Gasteiger partial charge in [-0.15, -0.1) is 0 Å². The predicted molar refractivity (Wildman–Crippen MR) is 78.0 cm³/mol. The summed E-state index contributed by atoms with van der Waals surface area (Å²) in [7, 11) is 0. The largest absolute Gasteiger partial charge is 0.512 e. The van der Waals surface area contributed by atoms with Crippen LogP contribution in [-0.2, 0) is 4.79 Å². The third-order valence-corrected chi connectivity index (χ3v) is 5.06. The monoisotopic (exact) mass is 264 g/mol. The minimum Gasteiger partial charge on any atom is -0.512 e. The molecule has 1 N–H and O–H groups in total. The second-order valence-electron chi connectivity index (χ2n) is 6.45. The summed E-state index contributed by atoms with van der Waals surface area (Å²) in [4.78, 5) is 12.0. The molecular formula is C17H28O2. The third kappa shape index (κ3) is 4.09. The van der Waals surface area contributed by atoms with E-state index in [-0.39, 0.29) is 11.7 Å². The van der Waals surface area contributed by atoms with E-state index in [2.05, 4.69) is 6.92 Å². The molecule has 0 aromatic carbocycles. The van der Waals surface area contributed by atoms with Gasteiger partial charge in [-0.25, -0.2) is 0 Å². The van der Waals surface area contributed by atoms with Crippen LogP contribution in [0.15, 0.2) is 11.8 Å². The van der Waals surface area contributed by atoms with Crippen LogP contribution in [0.25, 0.3) is 0 Å². The highest BCUT2D eigenvalue weighted by atomic mass is 16.3. The normalized spacial score (nSPS) is 23.9. The van der Waals surface area contributed by atoms with Gasteiger partial charge in [0.25, 0.3) is 0 Å². The topological polar surface area (TPSA) is 37.3 Å². The zero-order valence-corrected chi connectivity index (χ0v) is 12.2. The Morgan fingerprint density at radius 2 is 1.84 bits per heavy atom. The molecule has 2 saturated carbocycles.